The Hall–Kier alpha value is -2.60. The number of benzene rings is 1. The standard InChI is InChI=1S/C19H19NO5/c1-11-9-15(21)16(18(22)20(11)10-12-5-4-8-24-12)17-13-6-2-3-7-14(13)19(23)25-17/h2-3,6-7,9,12,17,21H,4-5,8,10H2,1H3/t12-,17+/m1/s1. The second-order valence-electron chi connectivity index (χ2n) is 6.51. The fraction of sp³-hybridized carbons (Fsp3) is 0.368. The average molecular weight is 341 g/mol. The van der Waals surface area contributed by atoms with Gasteiger partial charge >= 0.3 is 5.97 Å². The highest BCUT2D eigenvalue weighted by Crippen LogP contribution is 2.37. The van der Waals surface area contributed by atoms with Crippen LogP contribution in [0.15, 0.2) is 35.1 Å². The summed E-state index contributed by atoms with van der Waals surface area (Å²) in [6, 6.07) is 8.47. The zero-order valence-corrected chi connectivity index (χ0v) is 13.9. The van der Waals surface area contributed by atoms with Crippen molar-refractivity contribution in [1.82, 2.24) is 4.57 Å². The average Bonchev–Trinajstić information content (AvgIpc) is 3.21. The third-order valence-corrected chi connectivity index (χ3v) is 4.88. The summed E-state index contributed by atoms with van der Waals surface area (Å²) >= 11 is 0. The lowest BCUT2D eigenvalue weighted by Crippen LogP contribution is -2.31. The molecule has 2 aliphatic rings. The van der Waals surface area contributed by atoms with Gasteiger partial charge in [-0.2, -0.15) is 0 Å². The first kappa shape index (κ1) is 15.9. The van der Waals surface area contributed by atoms with Crippen LogP contribution in [0.5, 0.6) is 5.75 Å². The number of hydrogen-bond donors (Lipinski definition) is 1. The van der Waals surface area contributed by atoms with Gasteiger partial charge in [-0.05, 0) is 31.9 Å². The minimum absolute atomic E-state index is 0.00722. The first-order valence-corrected chi connectivity index (χ1v) is 8.41. The zero-order valence-electron chi connectivity index (χ0n) is 13.9. The van der Waals surface area contributed by atoms with Gasteiger partial charge in [0.15, 0.2) is 6.10 Å². The summed E-state index contributed by atoms with van der Waals surface area (Å²) in [5.74, 6) is -0.633. The van der Waals surface area contributed by atoms with Gasteiger partial charge < -0.3 is 19.1 Å². The summed E-state index contributed by atoms with van der Waals surface area (Å²) in [5.41, 5.74) is 1.44. The number of nitrogens with zero attached hydrogens (tertiary/aromatic N) is 1. The van der Waals surface area contributed by atoms with E-state index in [9.17, 15) is 14.7 Å². The summed E-state index contributed by atoms with van der Waals surface area (Å²) in [6.45, 7) is 2.91. The molecular formula is C19H19NO5. The second kappa shape index (κ2) is 6.04. The molecule has 130 valence electrons. The van der Waals surface area contributed by atoms with E-state index in [0.29, 0.717) is 30.0 Å². The van der Waals surface area contributed by atoms with E-state index < -0.39 is 12.1 Å². The molecule has 0 saturated carbocycles. The highest BCUT2D eigenvalue weighted by atomic mass is 16.5. The summed E-state index contributed by atoms with van der Waals surface area (Å²) in [5, 5.41) is 10.4. The lowest BCUT2D eigenvalue weighted by Gasteiger charge is -2.19. The summed E-state index contributed by atoms with van der Waals surface area (Å²) in [4.78, 5) is 25.1. The fourth-order valence-electron chi connectivity index (χ4n) is 3.59. The molecule has 1 saturated heterocycles. The number of carbonyl (C=O) groups is 1. The Balaban J connectivity index is 1.80. The third-order valence-electron chi connectivity index (χ3n) is 4.88. The maximum atomic E-state index is 13.1. The fourth-order valence-corrected chi connectivity index (χ4v) is 3.59. The monoisotopic (exact) mass is 341 g/mol. The molecule has 2 aromatic rings. The molecule has 3 heterocycles. The van der Waals surface area contributed by atoms with Crippen molar-refractivity contribution in [3.8, 4) is 5.75 Å². The van der Waals surface area contributed by atoms with Crippen molar-refractivity contribution in [3.63, 3.8) is 0 Å². The number of ether oxygens (including phenoxy) is 2. The Morgan fingerprint density at radius 2 is 2.08 bits per heavy atom. The lowest BCUT2D eigenvalue weighted by molar-refractivity contribution is 0.0448. The summed E-state index contributed by atoms with van der Waals surface area (Å²) in [6.07, 6.45) is 1.00. The molecule has 0 radical (unpaired) electrons. The van der Waals surface area contributed by atoms with Crippen molar-refractivity contribution in [3.05, 3.63) is 63.1 Å². The molecular weight excluding hydrogens is 322 g/mol. The van der Waals surface area contributed by atoms with Crippen molar-refractivity contribution in [2.24, 2.45) is 0 Å². The normalized spacial score (nSPS) is 22.0. The van der Waals surface area contributed by atoms with Gasteiger partial charge in [-0.1, -0.05) is 18.2 Å². The van der Waals surface area contributed by atoms with E-state index in [1.165, 1.54) is 0 Å². The molecule has 2 atom stereocenters. The molecule has 1 fully saturated rings. The van der Waals surface area contributed by atoms with Gasteiger partial charge in [0.05, 0.1) is 18.2 Å². The van der Waals surface area contributed by atoms with Gasteiger partial charge in [0.25, 0.3) is 5.56 Å². The minimum Gasteiger partial charge on any atom is -0.507 e. The van der Waals surface area contributed by atoms with Crippen molar-refractivity contribution in [1.29, 1.82) is 0 Å². The molecule has 0 bridgehead atoms. The smallest absolute Gasteiger partial charge is 0.339 e. The van der Waals surface area contributed by atoms with E-state index in [2.05, 4.69) is 0 Å². The topological polar surface area (TPSA) is 77.8 Å². The molecule has 0 amide bonds. The summed E-state index contributed by atoms with van der Waals surface area (Å²) in [7, 11) is 0. The Kier molecular flexibility index (Phi) is 3.84. The molecule has 0 unspecified atom stereocenters. The number of fused-ring (bicyclic) bond motifs is 1. The highest BCUT2D eigenvalue weighted by Gasteiger charge is 2.36. The Bertz CT molecular complexity index is 895. The van der Waals surface area contributed by atoms with Gasteiger partial charge in [0.1, 0.15) is 11.3 Å². The number of esters is 1. The third kappa shape index (κ3) is 2.62. The Labute approximate surface area is 144 Å². The van der Waals surface area contributed by atoms with Crippen LogP contribution < -0.4 is 5.56 Å². The Morgan fingerprint density at radius 3 is 2.84 bits per heavy atom. The van der Waals surface area contributed by atoms with Gasteiger partial charge in [-0.3, -0.25) is 4.79 Å². The number of cyclic esters (lactones) is 1. The van der Waals surface area contributed by atoms with Gasteiger partial charge in [0, 0.05) is 17.9 Å². The van der Waals surface area contributed by atoms with Crippen LogP contribution in [0.4, 0.5) is 0 Å². The molecule has 1 N–H and O–H groups in total. The van der Waals surface area contributed by atoms with E-state index in [4.69, 9.17) is 9.47 Å². The maximum Gasteiger partial charge on any atom is 0.339 e. The molecule has 1 aromatic carbocycles. The Morgan fingerprint density at radius 1 is 1.28 bits per heavy atom. The van der Waals surface area contributed by atoms with Crippen LogP contribution in [0.2, 0.25) is 0 Å². The largest absolute Gasteiger partial charge is 0.507 e. The van der Waals surface area contributed by atoms with Crippen LogP contribution in [0.1, 0.15) is 46.1 Å². The van der Waals surface area contributed by atoms with Crippen LogP contribution in [0.25, 0.3) is 0 Å². The summed E-state index contributed by atoms with van der Waals surface area (Å²) < 4.78 is 12.6. The molecule has 25 heavy (non-hydrogen) atoms. The number of aryl methyl sites for hydroxylation is 1. The molecule has 0 aliphatic carbocycles. The van der Waals surface area contributed by atoms with E-state index >= 15 is 0 Å². The predicted molar refractivity (Wildman–Crippen MR) is 89.8 cm³/mol. The zero-order chi connectivity index (χ0) is 17.6. The van der Waals surface area contributed by atoms with E-state index in [-0.39, 0.29) is 23.0 Å². The quantitative estimate of drug-likeness (QED) is 0.867. The number of aromatic hydroxyl groups is 1. The van der Waals surface area contributed by atoms with Crippen LogP contribution in [0.3, 0.4) is 0 Å². The van der Waals surface area contributed by atoms with Crippen molar-refractivity contribution in [2.45, 2.75) is 38.5 Å². The van der Waals surface area contributed by atoms with Crippen LogP contribution >= 0.6 is 0 Å². The van der Waals surface area contributed by atoms with Gasteiger partial charge in [0.2, 0.25) is 0 Å². The number of hydrogen-bond acceptors (Lipinski definition) is 5. The molecule has 1 aromatic heterocycles. The number of pyridine rings is 1. The van der Waals surface area contributed by atoms with Crippen molar-refractivity contribution < 1.29 is 19.4 Å². The number of aromatic nitrogens is 1. The van der Waals surface area contributed by atoms with E-state index in [0.717, 1.165) is 12.8 Å². The molecule has 2 aliphatic heterocycles. The maximum absolute atomic E-state index is 13.1. The predicted octanol–water partition coefficient (Wildman–Crippen LogP) is 2.30. The van der Waals surface area contributed by atoms with Gasteiger partial charge in [-0.25, -0.2) is 4.79 Å². The van der Waals surface area contributed by atoms with Gasteiger partial charge in [-0.15, -0.1) is 0 Å². The SMILES string of the molecule is Cc1cc(O)c([C@H]2OC(=O)c3ccccc32)c(=O)n1C[C@H]1CCCO1. The second-order valence-corrected chi connectivity index (χ2v) is 6.51. The highest BCUT2D eigenvalue weighted by molar-refractivity contribution is 5.94. The van der Waals surface area contributed by atoms with Crippen LogP contribution in [0, 0.1) is 6.92 Å². The molecule has 4 rings (SSSR count). The van der Waals surface area contributed by atoms with E-state index in [1.54, 1.807) is 41.8 Å². The molecule has 6 nitrogen and oxygen atoms in total. The minimum atomic E-state index is -0.882. The van der Waals surface area contributed by atoms with E-state index in [1.807, 2.05) is 0 Å². The lowest BCUT2D eigenvalue weighted by atomic mass is 9.99. The molecule has 6 heteroatoms. The number of rotatable bonds is 3. The number of carbonyl (C=O) groups excluding carboxylic acids is 1. The van der Waals surface area contributed by atoms with Crippen molar-refractivity contribution >= 4 is 5.97 Å². The first-order valence-electron chi connectivity index (χ1n) is 8.41. The first-order chi connectivity index (χ1) is 12.1. The van der Waals surface area contributed by atoms with Crippen LogP contribution in [-0.4, -0.2) is 28.4 Å². The van der Waals surface area contributed by atoms with Crippen molar-refractivity contribution in [2.75, 3.05) is 6.61 Å². The molecule has 0 spiro atoms. The van der Waals surface area contributed by atoms with Crippen LogP contribution in [-0.2, 0) is 16.0 Å².